The van der Waals surface area contributed by atoms with Crippen LogP contribution in [0.2, 0.25) is 0 Å². The molecule has 0 aromatic heterocycles. The van der Waals surface area contributed by atoms with Crippen molar-refractivity contribution in [1.29, 1.82) is 0 Å². The molecule has 3 aliphatic carbocycles. The third kappa shape index (κ3) is 4.33. The van der Waals surface area contributed by atoms with Crippen molar-refractivity contribution < 1.29 is 19.1 Å². The number of halogens is 1. The first-order chi connectivity index (χ1) is 18.9. The van der Waals surface area contributed by atoms with E-state index < -0.39 is 12.1 Å². The summed E-state index contributed by atoms with van der Waals surface area (Å²) in [6.45, 7) is 0.748. The lowest BCUT2D eigenvalue weighted by Gasteiger charge is -2.23. The fourth-order valence-electron chi connectivity index (χ4n) is 6.73. The summed E-state index contributed by atoms with van der Waals surface area (Å²) in [5.74, 6) is -0.0581. The van der Waals surface area contributed by atoms with Crippen LogP contribution in [0.4, 0.5) is 4.79 Å². The molecule has 2 spiro atoms. The fourth-order valence-corrected chi connectivity index (χ4v) is 7.09. The van der Waals surface area contributed by atoms with E-state index in [9.17, 15) is 14.4 Å². The number of Topliss-reactive ketones (excluding diaryl/α,β-unsaturated/α-hetero) is 2. The number of likely N-dealkylation sites (tertiary alicyclic amines) is 1. The third-order valence-electron chi connectivity index (χ3n) is 9.27. The normalized spacial score (nSPS) is 20.5. The topological polar surface area (TPSA) is 63.7 Å². The smallest absolute Gasteiger partial charge is 0.410 e. The summed E-state index contributed by atoms with van der Waals surface area (Å²) in [6, 6.07) is 21.5. The molecule has 1 amide bonds. The summed E-state index contributed by atoms with van der Waals surface area (Å²) in [7, 11) is 0. The molecule has 5 nitrogen and oxygen atoms in total. The van der Waals surface area contributed by atoms with Crippen LogP contribution in [0.1, 0.15) is 72.0 Å². The lowest BCUT2D eigenvalue weighted by atomic mass is 9.91. The molecule has 4 aliphatic rings. The van der Waals surface area contributed by atoms with Gasteiger partial charge < -0.3 is 4.74 Å². The summed E-state index contributed by atoms with van der Waals surface area (Å²) in [4.78, 5) is 41.2. The van der Waals surface area contributed by atoms with Gasteiger partial charge in [-0.1, -0.05) is 64.5 Å². The standard InChI is InChI=1S/C33H30BrNO4/c34-23-7-9-25-24-8-6-22(16-26(24)33(14-15-33)27(25)17-23)29(36)10-11-30(37)28-18-32(12-13-32)20-35(28)31(38)39-19-21-4-2-1-3-5-21/h1-9,16-17,28H,10-15,18-20H2/t28-/m0/s1. The Morgan fingerprint density at radius 1 is 0.872 bits per heavy atom. The summed E-state index contributed by atoms with van der Waals surface area (Å²) in [6.07, 6.45) is 4.79. The average Bonchev–Trinajstić information content (AvgIpc) is 3.85. The molecule has 7 rings (SSSR count). The number of ketones is 2. The van der Waals surface area contributed by atoms with Crippen LogP contribution in [0.5, 0.6) is 0 Å². The number of carbonyl (C=O) groups excluding carboxylic acids is 3. The third-order valence-corrected chi connectivity index (χ3v) is 9.76. The zero-order valence-electron chi connectivity index (χ0n) is 21.8. The lowest BCUT2D eigenvalue weighted by molar-refractivity contribution is -0.123. The van der Waals surface area contributed by atoms with Gasteiger partial charge in [-0.15, -0.1) is 0 Å². The molecule has 1 heterocycles. The van der Waals surface area contributed by atoms with Gasteiger partial charge in [-0.25, -0.2) is 4.79 Å². The largest absolute Gasteiger partial charge is 0.445 e. The molecular weight excluding hydrogens is 554 g/mol. The predicted molar refractivity (Wildman–Crippen MR) is 152 cm³/mol. The quantitative estimate of drug-likeness (QED) is 0.275. The molecule has 1 atom stereocenters. The van der Waals surface area contributed by atoms with Crippen molar-refractivity contribution in [3.63, 3.8) is 0 Å². The van der Waals surface area contributed by atoms with E-state index in [0.29, 0.717) is 18.5 Å². The molecule has 3 aromatic rings. The number of nitrogens with zero attached hydrogens (tertiary/aromatic N) is 1. The van der Waals surface area contributed by atoms with Crippen molar-refractivity contribution in [3.8, 4) is 11.1 Å². The van der Waals surface area contributed by atoms with Gasteiger partial charge in [0.2, 0.25) is 0 Å². The van der Waals surface area contributed by atoms with E-state index in [0.717, 1.165) is 35.7 Å². The molecular formula is C33H30BrNO4. The SMILES string of the molecule is O=C(CCC(=O)[C@@H]1CC2(CC2)CN1C(=O)OCc1ccccc1)c1ccc2c(c1)C1(CC1)c1cc(Br)ccc1-2. The van der Waals surface area contributed by atoms with Crippen LogP contribution in [-0.4, -0.2) is 35.1 Å². The van der Waals surface area contributed by atoms with Crippen LogP contribution in [0.3, 0.4) is 0 Å². The molecule has 0 bridgehead atoms. The van der Waals surface area contributed by atoms with Crippen LogP contribution in [0.25, 0.3) is 11.1 Å². The molecule has 6 heteroatoms. The number of ether oxygens (including phenoxy) is 1. The van der Waals surface area contributed by atoms with Gasteiger partial charge in [0.05, 0.1) is 6.04 Å². The molecule has 3 aromatic carbocycles. The molecule has 0 radical (unpaired) electrons. The van der Waals surface area contributed by atoms with E-state index in [1.165, 1.54) is 22.3 Å². The van der Waals surface area contributed by atoms with Crippen molar-refractivity contribution >= 4 is 33.6 Å². The van der Waals surface area contributed by atoms with Gasteiger partial charge in [-0.2, -0.15) is 0 Å². The second-order valence-electron chi connectivity index (χ2n) is 11.8. The maximum absolute atomic E-state index is 13.4. The highest BCUT2D eigenvalue weighted by atomic mass is 79.9. The molecule has 39 heavy (non-hydrogen) atoms. The van der Waals surface area contributed by atoms with Gasteiger partial charge in [0, 0.05) is 34.8 Å². The van der Waals surface area contributed by atoms with E-state index in [-0.39, 0.29) is 41.8 Å². The predicted octanol–water partition coefficient (Wildman–Crippen LogP) is 7.23. The Bertz CT molecular complexity index is 1510. The van der Waals surface area contributed by atoms with E-state index in [4.69, 9.17) is 4.74 Å². The van der Waals surface area contributed by atoms with E-state index in [1.54, 1.807) is 4.90 Å². The molecule has 1 saturated heterocycles. The fraction of sp³-hybridized carbons (Fsp3) is 0.364. The van der Waals surface area contributed by atoms with Crippen molar-refractivity contribution in [2.45, 2.75) is 63.0 Å². The molecule has 3 fully saturated rings. The molecule has 0 N–H and O–H groups in total. The highest BCUT2D eigenvalue weighted by Gasteiger charge is 2.55. The van der Waals surface area contributed by atoms with E-state index >= 15 is 0 Å². The molecule has 0 unspecified atom stereocenters. The number of amides is 1. The first-order valence-corrected chi connectivity index (χ1v) is 14.7. The van der Waals surface area contributed by atoms with E-state index in [1.807, 2.05) is 36.4 Å². The van der Waals surface area contributed by atoms with Gasteiger partial charge in [-0.05, 0) is 83.5 Å². The van der Waals surface area contributed by atoms with Gasteiger partial charge >= 0.3 is 6.09 Å². The number of carbonyl (C=O) groups is 3. The van der Waals surface area contributed by atoms with Crippen LogP contribution in [-0.2, 0) is 21.6 Å². The Hall–Kier alpha value is -3.25. The zero-order chi connectivity index (χ0) is 26.8. The first-order valence-electron chi connectivity index (χ1n) is 13.9. The number of hydrogen-bond donors (Lipinski definition) is 0. The monoisotopic (exact) mass is 583 g/mol. The van der Waals surface area contributed by atoms with Crippen molar-refractivity contribution in [3.05, 3.63) is 93.5 Å². The van der Waals surface area contributed by atoms with Gasteiger partial charge in [-0.3, -0.25) is 14.5 Å². The number of fused-ring (bicyclic) bond motifs is 5. The summed E-state index contributed by atoms with van der Waals surface area (Å²) in [5, 5.41) is 0. The first kappa shape index (κ1) is 24.8. The number of benzene rings is 3. The highest BCUT2D eigenvalue weighted by Crippen LogP contribution is 2.63. The Balaban J connectivity index is 1.02. The molecule has 198 valence electrons. The average molecular weight is 585 g/mol. The minimum absolute atomic E-state index is 0.0172. The summed E-state index contributed by atoms with van der Waals surface area (Å²) in [5.41, 5.74) is 6.74. The Morgan fingerprint density at radius 3 is 2.31 bits per heavy atom. The van der Waals surface area contributed by atoms with Crippen LogP contribution in [0.15, 0.2) is 71.2 Å². The molecule has 1 aliphatic heterocycles. The Morgan fingerprint density at radius 2 is 1.59 bits per heavy atom. The summed E-state index contributed by atoms with van der Waals surface area (Å²) >= 11 is 3.61. The minimum Gasteiger partial charge on any atom is -0.445 e. The molecule has 2 saturated carbocycles. The number of hydrogen-bond acceptors (Lipinski definition) is 4. The van der Waals surface area contributed by atoms with Gasteiger partial charge in [0.15, 0.2) is 11.6 Å². The summed E-state index contributed by atoms with van der Waals surface area (Å²) < 4.78 is 6.65. The van der Waals surface area contributed by atoms with Crippen LogP contribution in [0, 0.1) is 5.41 Å². The van der Waals surface area contributed by atoms with Crippen LogP contribution < -0.4 is 0 Å². The minimum atomic E-state index is -0.508. The maximum atomic E-state index is 13.4. The van der Waals surface area contributed by atoms with Crippen molar-refractivity contribution in [1.82, 2.24) is 4.90 Å². The zero-order valence-corrected chi connectivity index (χ0v) is 23.3. The van der Waals surface area contributed by atoms with E-state index in [2.05, 4.69) is 46.3 Å². The Labute approximate surface area is 236 Å². The van der Waals surface area contributed by atoms with Gasteiger partial charge in [0.1, 0.15) is 6.61 Å². The second kappa shape index (κ2) is 9.16. The van der Waals surface area contributed by atoms with Crippen molar-refractivity contribution in [2.24, 2.45) is 5.41 Å². The van der Waals surface area contributed by atoms with Crippen LogP contribution >= 0.6 is 15.9 Å². The number of rotatable bonds is 7. The second-order valence-corrected chi connectivity index (χ2v) is 12.7. The van der Waals surface area contributed by atoms with Gasteiger partial charge in [0.25, 0.3) is 0 Å². The lowest BCUT2D eigenvalue weighted by Crippen LogP contribution is -2.41. The van der Waals surface area contributed by atoms with Crippen molar-refractivity contribution in [2.75, 3.05) is 6.54 Å². The highest BCUT2D eigenvalue weighted by molar-refractivity contribution is 9.10. The Kier molecular flexibility index (Phi) is 5.81. The maximum Gasteiger partial charge on any atom is 0.410 e.